The van der Waals surface area contributed by atoms with Crippen molar-refractivity contribution in [3.63, 3.8) is 0 Å². The molecular formula is C13H20BrN3O2. The minimum Gasteiger partial charge on any atom is -0.466 e. The number of hydrogen-bond donors (Lipinski definition) is 1. The fourth-order valence-corrected chi connectivity index (χ4v) is 3.19. The van der Waals surface area contributed by atoms with Crippen LogP contribution < -0.4 is 5.32 Å². The Hall–Kier alpha value is -1.04. The van der Waals surface area contributed by atoms with Crippen molar-refractivity contribution >= 4 is 27.7 Å². The fourth-order valence-electron chi connectivity index (χ4n) is 2.33. The molecule has 6 heteroatoms. The average Bonchev–Trinajstić information content (AvgIpc) is 2.69. The highest BCUT2D eigenvalue weighted by molar-refractivity contribution is 9.10. The van der Waals surface area contributed by atoms with E-state index in [1.807, 2.05) is 18.5 Å². The highest BCUT2D eigenvalue weighted by Gasteiger charge is 2.35. The normalized spacial score (nSPS) is 22.0. The van der Waals surface area contributed by atoms with Crippen molar-refractivity contribution in [2.24, 2.45) is 5.92 Å². The van der Waals surface area contributed by atoms with Crippen LogP contribution in [0.2, 0.25) is 0 Å². The van der Waals surface area contributed by atoms with Gasteiger partial charge in [0.1, 0.15) is 5.82 Å². The summed E-state index contributed by atoms with van der Waals surface area (Å²) in [5, 5.41) is 7.90. The Bertz CT molecular complexity index is 484. The monoisotopic (exact) mass is 329 g/mol. The molecule has 5 nitrogen and oxygen atoms in total. The summed E-state index contributed by atoms with van der Waals surface area (Å²) < 4.78 is 8.01. The highest BCUT2D eigenvalue weighted by Crippen LogP contribution is 2.37. The van der Waals surface area contributed by atoms with E-state index in [1.54, 1.807) is 0 Å². The van der Waals surface area contributed by atoms with Crippen LogP contribution in [0.15, 0.2) is 4.47 Å². The van der Waals surface area contributed by atoms with Gasteiger partial charge in [-0.3, -0.25) is 4.79 Å². The zero-order valence-corrected chi connectivity index (χ0v) is 13.3. The highest BCUT2D eigenvalue weighted by atomic mass is 79.9. The van der Waals surface area contributed by atoms with E-state index in [4.69, 9.17) is 4.74 Å². The first-order valence-corrected chi connectivity index (χ1v) is 7.45. The molecule has 1 aliphatic rings. The fraction of sp³-hybridized carbons (Fsp3) is 0.692. The number of carbonyl (C=O) groups is 1. The number of ether oxygens (including phenoxy) is 1. The van der Waals surface area contributed by atoms with Gasteiger partial charge in [-0.1, -0.05) is 13.8 Å². The quantitative estimate of drug-likeness (QED) is 0.866. The summed E-state index contributed by atoms with van der Waals surface area (Å²) in [5.74, 6) is 0.935. The topological polar surface area (TPSA) is 56.1 Å². The maximum atomic E-state index is 11.9. The SMILES string of the molecule is CCOC(=O)C1CNc2c(Br)c(C(C)C)nn2C1C. The van der Waals surface area contributed by atoms with Crippen LogP contribution in [0.3, 0.4) is 0 Å². The molecule has 0 saturated heterocycles. The van der Waals surface area contributed by atoms with Crippen LogP contribution in [0.25, 0.3) is 0 Å². The van der Waals surface area contributed by atoms with Gasteiger partial charge >= 0.3 is 5.97 Å². The van der Waals surface area contributed by atoms with Gasteiger partial charge in [-0.25, -0.2) is 4.68 Å². The zero-order chi connectivity index (χ0) is 14.2. The minimum atomic E-state index is -0.195. The lowest BCUT2D eigenvalue weighted by Crippen LogP contribution is -2.37. The summed E-state index contributed by atoms with van der Waals surface area (Å²) in [4.78, 5) is 11.9. The van der Waals surface area contributed by atoms with Crippen LogP contribution in [-0.2, 0) is 9.53 Å². The van der Waals surface area contributed by atoms with Gasteiger partial charge in [0, 0.05) is 6.54 Å². The second-order valence-electron chi connectivity index (χ2n) is 5.13. The number of hydrogen-bond acceptors (Lipinski definition) is 4. The predicted octanol–water partition coefficient (Wildman–Crippen LogP) is 2.93. The van der Waals surface area contributed by atoms with Crippen molar-refractivity contribution in [3.05, 3.63) is 10.2 Å². The molecule has 0 saturated carbocycles. The zero-order valence-electron chi connectivity index (χ0n) is 11.7. The maximum absolute atomic E-state index is 11.9. The molecule has 1 aromatic rings. The molecule has 0 aromatic carbocycles. The molecule has 2 atom stereocenters. The van der Waals surface area contributed by atoms with Gasteiger partial charge in [0.25, 0.3) is 0 Å². The Balaban J connectivity index is 2.31. The summed E-state index contributed by atoms with van der Waals surface area (Å²) in [6, 6.07) is -0.000833. The molecule has 106 valence electrons. The molecule has 1 aromatic heterocycles. The Kier molecular flexibility index (Phi) is 4.18. The second-order valence-corrected chi connectivity index (χ2v) is 5.92. The molecule has 0 aliphatic carbocycles. The predicted molar refractivity (Wildman–Crippen MR) is 77.3 cm³/mol. The van der Waals surface area contributed by atoms with E-state index in [1.165, 1.54) is 0 Å². The van der Waals surface area contributed by atoms with Gasteiger partial charge < -0.3 is 10.1 Å². The number of carbonyl (C=O) groups excluding carboxylic acids is 1. The lowest BCUT2D eigenvalue weighted by atomic mass is 10.00. The number of aromatic nitrogens is 2. The van der Waals surface area contributed by atoms with E-state index in [0.717, 1.165) is 16.0 Å². The molecule has 1 aliphatic heterocycles. The van der Waals surface area contributed by atoms with Crippen LogP contribution >= 0.6 is 15.9 Å². The van der Waals surface area contributed by atoms with Crippen molar-refractivity contribution in [1.29, 1.82) is 0 Å². The van der Waals surface area contributed by atoms with Crippen LogP contribution in [-0.4, -0.2) is 28.9 Å². The third-order valence-electron chi connectivity index (χ3n) is 3.47. The van der Waals surface area contributed by atoms with E-state index in [2.05, 4.69) is 40.2 Å². The number of nitrogens with one attached hydrogen (secondary N) is 1. The Morgan fingerprint density at radius 1 is 1.63 bits per heavy atom. The Morgan fingerprint density at radius 3 is 2.89 bits per heavy atom. The number of anilines is 1. The second kappa shape index (κ2) is 5.53. The summed E-state index contributed by atoms with van der Waals surface area (Å²) in [5.41, 5.74) is 1.01. The van der Waals surface area contributed by atoms with Crippen molar-refractivity contribution in [2.45, 2.75) is 39.7 Å². The van der Waals surface area contributed by atoms with Gasteiger partial charge in [0.05, 0.1) is 28.7 Å². The average molecular weight is 330 g/mol. The van der Waals surface area contributed by atoms with Crippen molar-refractivity contribution in [3.8, 4) is 0 Å². The van der Waals surface area contributed by atoms with E-state index < -0.39 is 0 Å². The molecule has 0 spiro atoms. The van der Waals surface area contributed by atoms with E-state index >= 15 is 0 Å². The lowest BCUT2D eigenvalue weighted by Gasteiger charge is -2.29. The van der Waals surface area contributed by atoms with Crippen LogP contribution in [0.5, 0.6) is 0 Å². The van der Waals surface area contributed by atoms with Crippen molar-refractivity contribution < 1.29 is 9.53 Å². The first kappa shape index (κ1) is 14.4. The molecule has 2 rings (SSSR count). The summed E-state index contributed by atoms with van der Waals surface area (Å²) in [7, 11) is 0. The maximum Gasteiger partial charge on any atom is 0.312 e. The molecule has 0 bridgehead atoms. The van der Waals surface area contributed by atoms with Gasteiger partial charge in [0.2, 0.25) is 0 Å². The van der Waals surface area contributed by atoms with Gasteiger partial charge in [-0.05, 0) is 35.7 Å². The first-order valence-electron chi connectivity index (χ1n) is 6.65. The van der Waals surface area contributed by atoms with Gasteiger partial charge in [-0.15, -0.1) is 0 Å². The molecule has 2 unspecified atom stereocenters. The number of rotatable bonds is 3. The number of esters is 1. The molecule has 0 fully saturated rings. The van der Waals surface area contributed by atoms with E-state index in [-0.39, 0.29) is 17.9 Å². The van der Waals surface area contributed by atoms with Crippen molar-refractivity contribution in [1.82, 2.24) is 9.78 Å². The minimum absolute atomic E-state index is 0.000833. The van der Waals surface area contributed by atoms with E-state index in [0.29, 0.717) is 19.1 Å². The molecule has 2 heterocycles. The van der Waals surface area contributed by atoms with Gasteiger partial charge in [0.15, 0.2) is 0 Å². The number of fused-ring (bicyclic) bond motifs is 1. The molecular weight excluding hydrogens is 310 g/mol. The molecule has 1 N–H and O–H groups in total. The van der Waals surface area contributed by atoms with E-state index in [9.17, 15) is 4.79 Å². The van der Waals surface area contributed by atoms with Gasteiger partial charge in [-0.2, -0.15) is 5.10 Å². The third kappa shape index (κ3) is 2.50. The smallest absolute Gasteiger partial charge is 0.312 e. The van der Waals surface area contributed by atoms with Crippen LogP contribution in [0.1, 0.15) is 45.3 Å². The van der Waals surface area contributed by atoms with Crippen LogP contribution in [0.4, 0.5) is 5.82 Å². The number of halogens is 1. The Labute approximate surface area is 121 Å². The number of nitrogens with zero attached hydrogens (tertiary/aromatic N) is 2. The van der Waals surface area contributed by atoms with Crippen LogP contribution in [0, 0.1) is 5.92 Å². The first-order chi connectivity index (χ1) is 8.97. The summed E-state index contributed by atoms with van der Waals surface area (Å²) in [6.07, 6.45) is 0. The standard InChI is InChI=1S/C13H20BrN3O2/c1-5-19-13(18)9-6-15-12-10(14)11(7(2)3)16-17(12)8(9)4/h7-9,15H,5-6H2,1-4H3. The molecule has 0 radical (unpaired) electrons. The molecule has 0 amide bonds. The largest absolute Gasteiger partial charge is 0.466 e. The van der Waals surface area contributed by atoms with Crippen molar-refractivity contribution in [2.75, 3.05) is 18.5 Å². The summed E-state index contributed by atoms with van der Waals surface area (Å²) >= 11 is 3.59. The molecule has 19 heavy (non-hydrogen) atoms. The lowest BCUT2D eigenvalue weighted by molar-refractivity contribution is -0.149. The summed E-state index contributed by atoms with van der Waals surface area (Å²) in [6.45, 7) is 9.04. The third-order valence-corrected chi connectivity index (χ3v) is 4.25. The Morgan fingerprint density at radius 2 is 2.32 bits per heavy atom.